The van der Waals surface area contributed by atoms with Crippen LogP contribution in [0.1, 0.15) is 23.2 Å². The standard InChI is InChI=1S/C16H17N3O2/c1-18-7-4-11-8-12(2-3-13(11)18)15(21)19-9-14(20)17-16(10-19)5-6-16/h2-4,7-8H,5-6,9-10H2,1H3,(H,17,20). The number of nitrogens with zero attached hydrogens (tertiary/aromatic N) is 2. The van der Waals surface area contributed by atoms with Crippen LogP contribution in [0.25, 0.3) is 10.9 Å². The van der Waals surface area contributed by atoms with Crippen LogP contribution in [0.3, 0.4) is 0 Å². The molecule has 2 amide bonds. The number of piperazine rings is 1. The number of carbonyl (C=O) groups is 2. The van der Waals surface area contributed by atoms with Gasteiger partial charge in [-0.3, -0.25) is 9.59 Å². The molecule has 0 bridgehead atoms. The molecule has 2 heterocycles. The Bertz CT molecular complexity index is 758. The minimum Gasteiger partial charge on any atom is -0.351 e. The maximum atomic E-state index is 12.7. The number of fused-ring (bicyclic) bond motifs is 1. The molecule has 0 atom stereocenters. The zero-order chi connectivity index (χ0) is 14.6. The predicted molar refractivity (Wildman–Crippen MR) is 78.9 cm³/mol. The molecule has 1 spiro atoms. The van der Waals surface area contributed by atoms with Gasteiger partial charge in [0.2, 0.25) is 5.91 Å². The van der Waals surface area contributed by atoms with Crippen molar-refractivity contribution in [1.29, 1.82) is 0 Å². The third-order valence-electron chi connectivity index (χ3n) is 4.51. The zero-order valence-corrected chi connectivity index (χ0v) is 11.9. The minimum atomic E-state index is -0.137. The lowest BCUT2D eigenvalue weighted by molar-refractivity contribution is -0.125. The fourth-order valence-electron chi connectivity index (χ4n) is 3.14. The molecule has 0 unspecified atom stereocenters. The second-order valence-electron chi connectivity index (χ2n) is 6.19. The molecule has 1 aliphatic carbocycles. The van der Waals surface area contributed by atoms with Gasteiger partial charge in [0.25, 0.3) is 5.91 Å². The maximum absolute atomic E-state index is 12.7. The number of aryl methyl sites for hydroxylation is 1. The first-order valence-electron chi connectivity index (χ1n) is 7.22. The smallest absolute Gasteiger partial charge is 0.254 e. The van der Waals surface area contributed by atoms with Gasteiger partial charge in [0.05, 0.1) is 12.1 Å². The van der Waals surface area contributed by atoms with Crippen LogP contribution < -0.4 is 5.32 Å². The number of carbonyl (C=O) groups excluding carboxylic acids is 2. The zero-order valence-electron chi connectivity index (χ0n) is 11.9. The largest absolute Gasteiger partial charge is 0.351 e. The number of nitrogens with one attached hydrogen (secondary N) is 1. The lowest BCUT2D eigenvalue weighted by Crippen LogP contribution is -2.57. The van der Waals surface area contributed by atoms with E-state index in [0.29, 0.717) is 12.1 Å². The highest BCUT2D eigenvalue weighted by Crippen LogP contribution is 2.38. The van der Waals surface area contributed by atoms with Crippen molar-refractivity contribution in [2.75, 3.05) is 13.1 Å². The van der Waals surface area contributed by atoms with Crippen molar-refractivity contribution >= 4 is 22.7 Å². The van der Waals surface area contributed by atoms with Gasteiger partial charge >= 0.3 is 0 Å². The molecule has 21 heavy (non-hydrogen) atoms. The van der Waals surface area contributed by atoms with Gasteiger partial charge in [-0.2, -0.15) is 0 Å². The molecule has 1 aromatic carbocycles. The molecule has 2 aromatic rings. The Morgan fingerprint density at radius 3 is 2.86 bits per heavy atom. The summed E-state index contributed by atoms with van der Waals surface area (Å²) < 4.78 is 2.02. The molecule has 5 nitrogen and oxygen atoms in total. The third-order valence-corrected chi connectivity index (χ3v) is 4.51. The summed E-state index contributed by atoms with van der Waals surface area (Å²) in [5.74, 6) is -0.102. The molecule has 0 radical (unpaired) electrons. The molecule has 108 valence electrons. The second-order valence-corrected chi connectivity index (χ2v) is 6.19. The SMILES string of the molecule is Cn1ccc2cc(C(=O)N3CC(=O)NC4(CC4)C3)ccc21. The Balaban J connectivity index is 1.64. The normalized spacial score (nSPS) is 19.9. The van der Waals surface area contributed by atoms with E-state index < -0.39 is 0 Å². The highest BCUT2D eigenvalue weighted by molar-refractivity contribution is 6.00. The number of rotatable bonds is 1. The average Bonchev–Trinajstić information content (AvgIpc) is 3.09. The predicted octanol–water partition coefficient (Wildman–Crippen LogP) is 1.28. The van der Waals surface area contributed by atoms with Gasteiger partial charge in [-0.15, -0.1) is 0 Å². The number of hydrogen-bond acceptors (Lipinski definition) is 2. The molecule has 1 aliphatic heterocycles. The molecule has 1 saturated heterocycles. The van der Waals surface area contributed by atoms with Gasteiger partial charge in [0.15, 0.2) is 0 Å². The topological polar surface area (TPSA) is 54.3 Å². The Labute approximate surface area is 122 Å². The van der Waals surface area contributed by atoms with Gasteiger partial charge < -0.3 is 14.8 Å². The van der Waals surface area contributed by atoms with E-state index in [1.807, 2.05) is 42.1 Å². The van der Waals surface area contributed by atoms with Crippen LogP contribution in [0.5, 0.6) is 0 Å². The quantitative estimate of drug-likeness (QED) is 0.857. The Morgan fingerprint density at radius 2 is 2.10 bits per heavy atom. The fraction of sp³-hybridized carbons (Fsp3) is 0.375. The molecule has 1 saturated carbocycles. The number of hydrogen-bond donors (Lipinski definition) is 1. The van der Waals surface area contributed by atoms with Crippen molar-refractivity contribution in [3.05, 3.63) is 36.0 Å². The van der Waals surface area contributed by atoms with Crippen LogP contribution in [0.4, 0.5) is 0 Å². The summed E-state index contributed by atoms with van der Waals surface area (Å²) in [6.07, 6.45) is 3.92. The second kappa shape index (κ2) is 4.10. The van der Waals surface area contributed by atoms with E-state index in [2.05, 4.69) is 5.32 Å². The molecule has 1 aromatic heterocycles. The first kappa shape index (κ1) is 12.4. The minimum absolute atomic E-state index is 0.0483. The van der Waals surface area contributed by atoms with E-state index in [9.17, 15) is 9.59 Å². The van der Waals surface area contributed by atoms with Crippen molar-refractivity contribution < 1.29 is 9.59 Å². The third kappa shape index (κ3) is 2.00. The van der Waals surface area contributed by atoms with Crippen molar-refractivity contribution in [3.8, 4) is 0 Å². The van der Waals surface area contributed by atoms with E-state index >= 15 is 0 Å². The first-order valence-corrected chi connectivity index (χ1v) is 7.22. The van der Waals surface area contributed by atoms with Crippen LogP contribution in [0, 0.1) is 0 Å². The van der Waals surface area contributed by atoms with Crippen LogP contribution in [-0.4, -0.2) is 39.9 Å². The summed E-state index contributed by atoms with van der Waals surface area (Å²) in [7, 11) is 1.98. The average molecular weight is 283 g/mol. The number of benzene rings is 1. The molecular formula is C16H17N3O2. The van der Waals surface area contributed by atoms with E-state index in [0.717, 1.165) is 23.7 Å². The van der Waals surface area contributed by atoms with Gasteiger partial charge in [-0.1, -0.05) is 0 Å². The fourth-order valence-corrected chi connectivity index (χ4v) is 3.14. The van der Waals surface area contributed by atoms with Crippen LogP contribution in [0.15, 0.2) is 30.5 Å². The molecule has 4 rings (SSSR count). The Hall–Kier alpha value is -2.30. The number of aromatic nitrogens is 1. The Kier molecular flexibility index (Phi) is 2.43. The van der Waals surface area contributed by atoms with Gasteiger partial charge in [-0.25, -0.2) is 0 Å². The number of amides is 2. The summed E-state index contributed by atoms with van der Waals surface area (Å²) in [6, 6.07) is 7.71. The molecule has 2 fully saturated rings. The molecule has 5 heteroatoms. The maximum Gasteiger partial charge on any atom is 0.254 e. The summed E-state index contributed by atoms with van der Waals surface area (Å²) in [6.45, 7) is 0.789. The van der Waals surface area contributed by atoms with Gasteiger partial charge in [0, 0.05) is 36.3 Å². The lowest BCUT2D eigenvalue weighted by Gasteiger charge is -2.33. The van der Waals surface area contributed by atoms with Crippen LogP contribution >= 0.6 is 0 Å². The highest BCUT2D eigenvalue weighted by atomic mass is 16.2. The monoisotopic (exact) mass is 283 g/mol. The molecular weight excluding hydrogens is 266 g/mol. The summed E-state index contributed by atoms with van der Waals surface area (Å²) in [5, 5.41) is 4.05. The van der Waals surface area contributed by atoms with Crippen molar-refractivity contribution in [1.82, 2.24) is 14.8 Å². The van der Waals surface area contributed by atoms with Gasteiger partial charge in [-0.05, 0) is 37.1 Å². The molecule has 2 aliphatic rings. The van der Waals surface area contributed by atoms with Gasteiger partial charge in [0.1, 0.15) is 0 Å². The van der Waals surface area contributed by atoms with Crippen molar-refractivity contribution in [2.45, 2.75) is 18.4 Å². The van der Waals surface area contributed by atoms with Crippen molar-refractivity contribution in [3.63, 3.8) is 0 Å². The van der Waals surface area contributed by atoms with E-state index in [-0.39, 0.29) is 23.9 Å². The summed E-state index contributed by atoms with van der Waals surface area (Å²) >= 11 is 0. The van der Waals surface area contributed by atoms with E-state index in [1.165, 1.54) is 0 Å². The Morgan fingerprint density at radius 1 is 1.29 bits per heavy atom. The summed E-state index contributed by atoms with van der Waals surface area (Å²) in [4.78, 5) is 26.1. The van der Waals surface area contributed by atoms with E-state index in [1.54, 1.807) is 4.90 Å². The van der Waals surface area contributed by atoms with Crippen molar-refractivity contribution in [2.24, 2.45) is 7.05 Å². The lowest BCUT2D eigenvalue weighted by atomic mass is 10.1. The van der Waals surface area contributed by atoms with E-state index in [4.69, 9.17) is 0 Å². The highest BCUT2D eigenvalue weighted by Gasteiger charge is 2.49. The first-order chi connectivity index (χ1) is 10.1. The van der Waals surface area contributed by atoms with Crippen LogP contribution in [0.2, 0.25) is 0 Å². The molecule has 1 N–H and O–H groups in total. The van der Waals surface area contributed by atoms with Crippen LogP contribution in [-0.2, 0) is 11.8 Å². The summed E-state index contributed by atoms with van der Waals surface area (Å²) in [5.41, 5.74) is 1.61.